The van der Waals surface area contributed by atoms with Gasteiger partial charge in [0.05, 0.1) is 21.5 Å². The third-order valence-corrected chi connectivity index (χ3v) is 5.25. The highest BCUT2D eigenvalue weighted by Crippen LogP contribution is 2.17. The summed E-state index contributed by atoms with van der Waals surface area (Å²) in [5.74, 6) is -0.766. The van der Waals surface area contributed by atoms with E-state index >= 15 is 0 Å². The van der Waals surface area contributed by atoms with Crippen molar-refractivity contribution in [3.63, 3.8) is 0 Å². The second-order valence-corrected chi connectivity index (χ2v) is 7.59. The molecule has 0 aliphatic heterocycles. The quantitative estimate of drug-likeness (QED) is 0.854. The zero-order chi connectivity index (χ0) is 17.0. The lowest BCUT2D eigenvalue weighted by Gasteiger charge is -2.08. The van der Waals surface area contributed by atoms with Crippen LogP contribution in [0.1, 0.15) is 21.0 Å². The van der Waals surface area contributed by atoms with Gasteiger partial charge in [-0.3, -0.25) is 4.79 Å². The fourth-order valence-corrected chi connectivity index (χ4v) is 3.70. The number of aromatic nitrogens is 1. The molecule has 23 heavy (non-hydrogen) atoms. The number of carbonyl (C=O) groups excluding carboxylic acids is 1. The van der Waals surface area contributed by atoms with E-state index in [1.165, 1.54) is 35.6 Å². The second kappa shape index (κ2) is 6.73. The zero-order valence-electron chi connectivity index (χ0n) is 12.4. The fourth-order valence-electron chi connectivity index (χ4n) is 1.79. The van der Waals surface area contributed by atoms with E-state index in [1.807, 2.05) is 17.7 Å². The van der Waals surface area contributed by atoms with Gasteiger partial charge in [-0.2, -0.15) is 5.26 Å². The largest absolute Gasteiger partial charge is 0.269 e. The van der Waals surface area contributed by atoms with Gasteiger partial charge < -0.3 is 0 Å². The van der Waals surface area contributed by atoms with Gasteiger partial charge in [-0.05, 0) is 37.6 Å². The molecule has 0 bridgehead atoms. The Kier molecular flexibility index (Phi) is 4.93. The third-order valence-electron chi connectivity index (χ3n) is 2.88. The van der Waals surface area contributed by atoms with Crippen LogP contribution in [0.25, 0.3) is 6.08 Å². The van der Waals surface area contributed by atoms with Gasteiger partial charge >= 0.3 is 0 Å². The first-order valence-corrected chi connectivity index (χ1v) is 8.80. The molecule has 1 aromatic carbocycles. The Labute approximate surface area is 138 Å². The van der Waals surface area contributed by atoms with Crippen LogP contribution >= 0.6 is 11.3 Å². The number of thiazole rings is 1. The number of benzene rings is 1. The van der Waals surface area contributed by atoms with E-state index in [2.05, 4.69) is 4.98 Å². The molecule has 6 nitrogen and oxygen atoms in total. The number of nitriles is 1. The molecule has 0 atom stereocenters. The number of nitrogens with zero attached hydrogens (tertiary/aromatic N) is 2. The monoisotopic (exact) mass is 347 g/mol. The molecule has 1 aromatic heterocycles. The number of aryl methyl sites for hydroxylation is 2. The lowest BCUT2D eigenvalue weighted by atomic mass is 10.2. The third kappa shape index (κ3) is 4.25. The van der Waals surface area contributed by atoms with Crippen molar-refractivity contribution in [1.82, 2.24) is 9.71 Å². The highest BCUT2D eigenvalue weighted by molar-refractivity contribution is 7.90. The molecule has 0 radical (unpaired) electrons. The summed E-state index contributed by atoms with van der Waals surface area (Å²) in [6, 6.07) is 6.15. The molecule has 0 saturated heterocycles. The van der Waals surface area contributed by atoms with Gasteiger partial charge in [0.2, 0.25) is 0 Å². The van der Waals surface area contributed by atoms with Crippen LogP contribution in [0.5, 0.6) is 0 Å². The first kappa shape index (κ1) is 16.9. The van der Waals surface area contributed by atoms with Crippen LogP contribution in [-0.2, 0) is 14.8 Å². The first-order chi connectivity index (χ1) is 10.8. The topological polar surface area (TPSA) is 99.9 Å². The lowest BCUT2D eigenvalue weighted by Crippen LogP contribution is -2.29. The summed E-state index contributed by atoms with van der Waals surface area (Å²) in [6.45, 7) is 3.42. The summed E-state index contributed by atoms with van der Waals surface area (Å²) in [5.41, 5.74) is 0.658. The number of amides is 1. The van der Waals surface area contributed by atoms with E-state index in [9.17, 15) is 13.2 Å². The van der Waals surface area contributed by atoms with E-state index in [-0.39, 0.29) is 10.5 Å². The summed E-state index contributed by atoms with van der Waals surface area (Å²) in [7, 11) is -4.04. The van der Waals surface area contributed by atoms with Crippen molar-refractivity contribution in [1.29, 1.82) is 5.26 Å². The van der Waals surface area contributed by atoms with Crippen molar-refractivity contribution >= 4 is 33.3 Å². The molecule has 0 aliphatic rings. The van der Waals surface area contributed by atoms with Crippen molar-refractivity contribution in [3.8, 4) is 6.07 Å². The Balaban J connectivity index is 2.19. The van der Waals surface area contributed by atoms with Crippen LogP contribution < -0.4 is 4.72 Å². The van der Waals surface area contributed by atoms with E-state index < -0.39 is 15.9 Å². The molecule has 0 fully saturated rings. The lowest BCUT2D eigenvalue weighted by molar-refractivity contribution is -0.114. The SMILES string of the molecule is Cc1ncc(/C=C/C(=O)NS(=O)(=O)c2cc(C#N)ccc2C)s1. The summed E-state index contributed by atoms with van der Waals surface area (Å²) in [6.07, 6.45) is 4.22. The summed E-state index contributed by atoms with van der Waals surface area (Å²) in [5, 5.41) is 9.71. The van der Waals surface area contributed by atoms with Gasteiger partial charge in [0.25, 0.3) is 15.9 Å². The Morgan fingerprint density at radius 3 is 2.74 bits per heavy atom. The fraction of sp³-hybridized carbons (Fsp3) is 0.133. The Bertz CT molecular complexity index is 922. The molecule has 0 saturated carbocycles. The van der Waals surface area contributed by atoms with Crippen LogP contribution in [0.4, 0.5) is 0 Å². The summed E-state index contributed by atoms with van der Waals surface area (Å²) in [4.78, 5) is 16.5. The predicted molar refractivity (Wildman–Crippen MR) is 87.1 cm³/mol. The molecule has 8 heteroatoms. The molecule has 0 unspecified atom stereocenters. The van der Waals surface area contributed by atoms with Crippen LogP contribution in [0.2, 0.25) is 0 Å². The van der Waals surface area contributed by atoms with Gasteiger partial charge in [0.15, 0.2) is 0 Å². The standard InChI is InChI=1S/C15H13N3O3S2/c1-10-3-4-12(8-16)7-14(10)23(20,21)18-15(19)6-5-13-9-17-11(2)22-13/h3-7,9H,1-2H3,(H,18,19)/b6-5+. The first-order valence-electron chi connectivity index (χ1n) is 6.50. The molecule has 2 aromatic rings. The number of hydrogen-bond donors (Lipinski definition) is 1. The Hall–Kier alpha value is -2.50. The number of carbonyl (C=O) groups is 1. The molecular weight excluding hydrogens is 334 g/mol. The smallest absolute Gasteiger partial charge is 0.264 e. The zero-order valence-corrected chi connectivity index (χ0v) is 14.0. The number of hydrogen-bond acceptors (Lipinski definition) is 6. The average molecular weight is 347 g/mol. The normalized spacial score (nSPS) is 11.3. The van der Waals surface area contributed by atoms with Gasteiger partial charge in [-0.1, -0.05) is 6.07 Å². The van der Waals surface area contributed by atoms with Gasteiger partial charge in [0, 0.05) is 17.2 Å². The molecule has 0 spiro atoms. The van der Waals surface area contributed by atoms with E-state index in [0.29, 0.717) is 5.56 Å². The van der Waals surface area contributed by atoms with Crippen LogP contribution in [0.3, 0.4) is 0 Å². The maximum atomic E-state index is 12.3. The maximum absolute atomic E-state index is 12.3. The second-order valence-electron chi connectivity index (χ2n) is 4.68. The van der Waals surface area contributed by atoms with Crippen LogP contribution in [0, 0.1) is 25.2 Å². The number of sulfonamides is 1. The van der Waals surface area contributed by atoms with Crippen molar-refractivity contribution in [2.24, 2.45) is 0 Å². The maximum Gasteiger partial charge on any atom is 0.264 e. The van der Waals surface area contributed by atoms with Crippen molar-refractivity contribution in [3.05, 3.63) is 51.5 Å². The average Bonchev–Trinajstić information content (AvgIpc) is 2.90. The minimum absolute atomic E-state index is 0.0908. The van der Waals surface area contributed by atoms with Gasteiger partial charge in [-0.15, -0.1) is 11.3 Å². The number of nitrogens with one attached hydrogen (secondary N) is 1. The molecule has 1 amide bonds. The molecule has 2 rings (SSSR count). The number of rotatable bonds is 4. The van der Waals surface area contributed by atoms with Crippen LogP contribution in [-0.4, -0.2) is 19.3 Å². The molecule has 1 heterocycles. The summed E-state index contributed by atoms with van der Waals surface area (Å²) < 4.78 is 26.5. The highest BCUT2D eigenvalue weighted by Gasteiger charge is 2.19. The Morgan fingerprint density at radius 2 is 2.13 bits per heavy atom. The van der Waals surface area contributed by atoms with E-state index in [0.717, 1.165) is 16.0 Å². The molecular formula is C15H13N3O3S2. The van der Waals surface area contributed by atoms with Crippen LogP contribution in [0.15, 0.2) is 35.4 Å². The minimum Gasteiger partial charge on any atom is -0.269 e. The molecule has 0 aliphatic carbocycles. The molecule has 118 valence electrons. The Morgan fingerprint density at radius 1 is 1.39 bits per heavy atom. The van der Waals surface area contributed by atoms with E-state index in [1.54, 1.807) is 13.1 Å². The van der Waals surface area contributed by atoms with Crippen molar-refractivity contribution in [2.75, 3.05) is 0 Å². The predicted octanol–water partition coefficient (Wildman–Crippen LogP) is 2.15. The van der Waals surface area contributed by atoms with Crippen molar-refractivity contribution < 1.29 is 13.2 Å². The molecule has 1 N–H and O–H groups in total. The van der Waals surface area contributed by atoms with Crippen molar-refractivity contribution in [2.45, 2.75) is 18.7 Å². The minimum atomic E-state index is -4.04. The van der Waals surface area contributed by atoms with Gasteiger partial charge in [-0.25, -0.2) is 18.1 Å². The van der Waals surface area contributed by atoms with E-state index in [4.69, 9.17) is 5.26 Å². The van der Waals surface area contributed by atoms with Gasteiger partial charge in [0.1, 0.15) is 0 Å². The summed E-state index contributed by atoms with van der Waals surface area (Å²) >= 11 is 1.39. The highest BCUT2D eigenvalue weighted by atomic mass is 32.2.